The number of nitrogens with zero attached hydrogens (tertiary/aromatic N) is 5. The van der Waals surface area contributed by atoms with Gasteiger partial charge in [0.1, 0.15) is 0 Å². The van der Waals surface area contributed by atoms with E-state index >= 15 is 0 Å². The van der Waals surface area contributed by atoms with Gasteiger partial charge in [0.15, 0.2) is 11.5 Å². The lowest BCUT2D eigenvalue weighted by Gasteiger charge is -2.36. The molecule has 14 heteroatoms. The molecule has 1 amide bonds. The van der Waals surface area contributed by atoms with E-state index in [9.17, 15) is 18.0 Å². The lowest BCUT2D eigenvalue weighted by atomic mass is 9.79. The zero-order valence-electron chi connectivity index (χ0n) is 28.5. The minimum absolute atomic E-state index is 0.0237. The van der Waals surface area contributed by atoms with Crippen LogP contribution in [0.15, 0.2) is 60.8 Å². The molecule has 50 heavy (non-hydrogen) atoms. The first-order valence-corrected chi connectivity index (χ1v) is 16.8. The summed E-state index contributed by atoms with van der Waals surface area (Å²) in [6.45, 7) is 3.18. The number of hydrogen-bond acceptors (Lipinski definition) is 9. The molecule has 0 spiro atoms. The van der Waals surface area contributed by atoms with Gasteiger partial charge < -0.3 is 33.9 Å². The number of likely N-dealkylation sites (tertiary alicyclic amines) is 2. The molecule has 2 saturated heterocycles. The molecule has 0 bridgehead atoms. The van der Waals surface area contributed by atoms with Crippen LogP contribution in [-0.4, -0.2) is 103 Å². The highest BCUT2D eigenvalue weighted by Gasteiger charge is 2.43. The molecule has 2 fully saturated rings. The van der Waals surface area contributed by atoms with E-state index in [0.717, 1.165) is 56.5 Å². The van der Waals surface area contributed by atoms with Gasteiger partial charge in [-0.1, -0.05) is 18.2 Å². The van der Waals surface area contributed by atoms with E-state index in [1.165, 1.54) is 21.3 Å². The largest absolute Gasteiger partial charge is 0.522 e. The Balaban J connectivity index is 1.10. The predicted octanol–water partition coefficient (Wildman–Crippen LogP) is 5.74. The Kier molecular flexibility index (Phi) is 10.7. The second-order valence-corrected chi connectivity index (χ2v) is 12.8. The van der Waals surface area contributed by atoms with Gasteiger partial charge >= 0.3 is 6.36 Å². The minimum atomic E-state index is -4.68. The van der Waals surface area contributed by atoms with Crippen molar-refractivity contribution in [3.63, 3.8) is 0 Å². The lowest BCUT2D eigenvalue weighted by molar-refractivity contribution is -0.325. The standard InChI is InChI=1S/C36H43F3N6O5/c1-47-29-22-25(23-30(48-2)32(29)49-3)33(46)44-19-14-35(24-44,31-10-6-7-15-40-31)13-18-43-16-11-26(12-17-43)41-34-42-27-8-4-5-9-28(27)45(34)20-21-50-36(37,38)39/h4-10,15,22-23,26H,11-14,16-21,24H2,1-3H3,(H,41,42). The highest BCUT2D eigenvalue weighted by Crippen LogP contribution is 2.41. The normalized spacial score (nSPS) is 18.8. The number of nitrogens with one attached hydrogen (secondary N) is 1. The quantitative estimate of drug-likeness (QED) is 0.187. The predicted molar refractivity (Wildman–Crippen MR) is 182 cm³/mol. The molecule has 1 unspecified atom stereocenters. The van der Waals surface area contributed by atoms with Crippen LogP contribution in [0.1, 0.15) is 41.7 Å². The summed E-state index contributed by atoms with van der Waals surface area (Å²) in [6, 6.07) is 16.9. The third-order valence-corrected chi connectivity index (χ3v) is 9.82. The lowest BCUT2D eigenvalue weighted by Crippen LogP contribution is -2.43. The number of methoxy groups -OCH3 is 3. The number of aromatic nitrogens is 3. The second-order valence-electron chi connectivity index (χ2n) is 12.8. The summed E-state index contributed by atoms with van der Waals surface area (Å²) in [4.78, 5) is 27.6. The Morgan fingerprint density at radius 3 is 2.34 bits per heavy atom. The number of imidazole rings is 1. The Labute approximate surface area is 289 Å². The van der Waals surface area contributed by atoms with Gasteiger partial charge in [-0.2, -0.15) is 0 Å². The van der Waals surface area contributed by atoms with Gasteiger partial charge in [-0.25, -0.2) is 4.98 Å². The highest BCUT2D eigenvalue weighted by molar-refractivity contribution is 5.96. The molecule has 1 N–H and O–H groups in total. The third-order valence-electron chi connectivity index (χ3n) is 9.82. The molecule has 11 nitrogen and oxygen atoms in total. The Hall–Kier alpha value is -4.56. The van der Waals surface area contributed by atoms with E-state index in [0.29, 0.717) is 47.4 Å². The van der Waals surface area contributed by atoms with Gasteiger partial charge in [-0.15, -0.1) is 13.2 Å². The number of pyridine rings is 1. The van der Waals surface area contributed by atoms with Crippen LogP contribution in [0.25, 0.3) is 11.0 Å². The van der Waals surface area contributed by atoms with Crippen LogP contribution in [0.5, 0.6) is 17.2 Å². The molecule has 1 atom stereocenters. The third kappa shape index (κ3) is 7.76. The molecular weight excluding hydrogens is 653 g/mol. The number of amides is 1. The molecule has 2 aliphatic heterocycles. The van der Waals surface area contributed by atoms with Crippen LogP contribution < -0.4 is 19.5 Å². The van der Waals surface area contributed by atoms with Crippen molar-refractivity contribution in [2.45, 2.75) is 50.0 Å². The van der Waals surface area contributed by atoms with E-state index in [4.69, 9.17) is 19.2 Å². The van der Waals surface area contributed by atoms with E-state index in [1.54, 1.807) is 22.9 Å². The number of carbonyl (C=O) groups excluding carboxylic acids is 1. The Morgan fingerprint density at radius 2 is 1.68 bits per heavy atom. The van der Waals surface area contributed by atoms with Crippen molar-refractivity contribution in [3.8, 4) is 17.2 Å². The zero-order valence-corrected chi connectivity index (χ0v) is 28.5. The van der Waals surface area contributed by atoms with Crippen LogP contribution in [0.3, 0.4) is 0 Å². The minimum Gasteiger partial charge on any atom is -0.493 e. The van der Waals surface area contributed by atoms with Crippen molar-refractivity contribution in [1.29, 1.82) is 0 Å². The van der Waals surface area contributed by atoms with E-state index in [2.05, 4.69) is 26.0 Å². The van der Waals surface area contributed by atoms with Crippen LogP contribution in [0.2, 0.25) is 0 Å². The number of hydrogen-bond donors (Lipinski definition) is 1. The number of benzene rings is 2. The van der Waals surface area contributed by atoms with Crippen molar-refractivity contribution in [1.82, 2.24) is 24.3 Å². The summed E-state index contributed by atoms with van der Waals surface area (Å²) >= 11 is 0. The highest BCUT2D eigenvalue weighted by atomic mass is 19.4. The Morgan fingerprint density at radius 1 is 0.960 bits per heavy atom. The summed E-state index contributed by atoms with van der Waals surface area (Å²) in [7, 11) is 4.59. The molecule has 0 radical (unpaired) electrons. The fraction of sp³-hybridized carbons (Fsp3) is 0.472. The average Bonchev–Trinajstić information content (AvgIpc) is 3.72. The first-order valence-electron chi connectivity index (χ1n) is 16.8. The summed E-state index contributed by atoms with van der Waals surface area (Å²) in [6.07, 6.45) is 0.440. The molecule has 6 rings (SSSR count). The van der Waals surface area contributed by atoms with Crippen molar-refractivity contribution < 1.29 is 36.9 Å². The molecule has 4 aromatic rings. The number of rotatable bonds is 13. The van der Waals surface area contributed by atoms with Crippen LogP contribution in [-0.2, 0) is 16.7 Å². The van der Waals surface area contributed by atoms with Crippen LogP contribution in [0.4, 0.5) is 19.1 Å². The fourth-order valence-electron chi connectivity index (χ4n) is 7.17. The van der Waals surface area contributed by atoms with Gasteiger partial charge in [0, 0.05) is 61.6 Å². The monoisotopic (exact) mass is 696 g/mol. The number of alkyl halides is 3. The average molecular weight is 697 g/mol. The number of halogens is 3. The number of fused-ring (bicyclic) bond motifs is 1. The number of piperidine rings is 1. The topological polar surface area (TPSA) is 103 Å². The second kappa shape index (κ2) is 15.1. The molecule has 2 aromatic heterocycles. The zero-order chi connectivity index (χ0) is 35.3. The maximum atomic E-state index is 13.8. The summed E-state index contributed by atoms with van der Waals surface area (Å²) in [5.41, 5.74) is 2.61. The van der Waals surface area contributed by atoms with Crippen LogP contribution in [0, 0.1) is 0 Å². The molecule has 4 heterocycles. The van der Waals surface area contributed by atoms with Gasteiger partial charge in [0.05, 0.1) is 39.0 Å². The maximum Gasteiger partial charge on any atom is 0.522 e. The number of ether oxygens (including phenoxy) is 4. The first kappa shape index (κ1) is 35.3. The van der Waals surface area contributed by atoms with Crippen LogP contribution >= 0.6 is 0 Å². The van der Waals surface area contributed by atoms with Crippen molar-refractivity contribution in [2.75, 3.05) is 66.0 Å². The van der Waals surface area contributed by atoms with Crippen molar-refractivity contribution in [2.24, 2.45) is 0 Å². The van der Waals surface area contributed by atoms with Crippen molar-refractivity contribution >= 4 is 22.9 Å². The van der Waals surface area contributed by atoms with Gasteiger partial charge in [-0.3, -0.25) is 14.5 Å². The SMILES string of the molecule is COc1cc(C(=O)N2CCC(CCN3CCC(Nc4nc5ccccc5n4CCOC(F)(F)F)CC3)(c3ccccn3)C2)cc(OC)c1OC. The molecule has 0 saturated carbocycles. The molecule has 2 aliphatic rings. The van der Waals surface area contributed by atoms with E-state index < -0.39 is 13.0 Å². The van der Waals surface area contributed by atoms with E-state index in [1.807, 2.05) is 41.3 Å². The first-order chi connectivity index (χ1) is 24.1. The summed E-state index contributed by atoms with van der Waals surface area (Å²) in [5.74, 6) is 1.73. The number of carbonyl (C=O) groups is 1. The fourth-order valence-corrected chi connectivity index (χ4v) is 7.17. The van der Waals surface area contributed by atoms with Gasteiger partial charge in [-0.05, 0) is 68.6 Å². The molecule has 0 aliphatic carbocycles. The molecular formula is C36H43F3N6O5. The maximum absolute atomic E-state index is 13.8. The van der Waals surface area contributed by atoms with E-state index in [-0.39, 0.29) is 23.9 Å². The van der Waals surface area contributed by atoms with Gasteiger partial charge in [0.25, 0.3) is 5.91 Å². The number of anilines is 1. The van der Waals surface area contributed by atoms with Gasteiger partial charge in [0.2, 0.25) is 11.7 Å². The molecule has 268 valence electrons. The molecule has 2 aromatic carbocycles. The summed E-state index contributed by atoms with van der Waals surface area (Å²) < 4.78 is 60.3. The Bertz CT molecular complexity index is 1740. The smallest absolute Gasteiger partial charge is 0.493 e. The van der Waals surface area contributed by atoms with Crippen molar-refractivity contribution in [3.05, 3.63) is 72.1 Å². The number of para-hydroxylation sites is 2. The summed E-state index contributed by atoms with van der Waals surface area (Å²) in [5, 5.41) is 3.50.